The summed E-state index contributed by atoms with van der Waals surface area (Å²) in [4.78, 5) is 12.2. The summed E-state index contributed by atoms with van der Waals surface area (Å²) in [5.74, 6) is 0.449. The van der Waals surface area contributed by atoms with Crippen LogP contribution in [0.15, 0.2) is 48.5 Å². The Kier molecular flexibility index (Phi) is 4.81. The largest absolute Gasteiger partial charge is 0.497 e. The molecule has 0 heterocycles. The first-order valence-electron chi connectivity index (χ1n) is 7.93. The lowest BCUT2D eigenvalue weighted by Crippen LogP contribution is -2.30. The number of hydrogen-bond donors (Lipinski definition) is 2. The van der Waals surface area contributed by atoms with Crippen LogP contribution in [0.5, 0.6) is 5.75 Å². The minimum Gasteiger partial charge on any atom is -0.497 e. The molecule has 1 fully saturated rings. The number of nitrogens with one attached hydrogen (secondary N) is 1. The van der Waals surface area contributed by atoms with Crippen LogP contribution in [-0.2, 0) is 4.79 Å². The zero-order chi connectivity index (χ0) is 17.1. The van der Waals surface area contributed by atoms with Crippen LogP contribution in [0.1, 0.15) is 29.6 Å². The van der Waals surface area contributed by atoms with Gasteiger partial charge in [-0.2, -0.15) is 0 Å². The number of amides is 1. The lowest BCUT2D eigenvalue weighted by Gasteiger charge is -2.12. The molecule has 1 saturated carbocycles. The third-order valence-electron chi connectivity index (χ3n) is 4.37. The van der Waals surface area contributed by atoms with Crippen LogP contribution in [0.4, 0.5) is 4.39 Å². The molecular weight excluding hydrogens is 309 g/mol. The van der Waals surface area contributed by atoms with Crippen molar-refractivity contribution in [2.24, 2.45) is 5.92 Å². The second kappa shape index (κ2) is 7.01. The molecule has 4 nitrogen and oxygen atoms in total. The number of hydrogen-bond acceptors (Lipinski definition) is 3. The van der Waals surface area contributed by atoms with Gasteiger partial charge in [-0.25, -0.2) is 4.39 Å². The maximum atomic E-state index is 13.2. The second-order valence-electron chi connectivity index (χ2n) is 6.04. The Morgan fingerprint density at radius 3 is 2.75 bits per heavy atom. The molecule has 0 bridgehead atoms. The van der Waals surface area contributed by atoms with E-state index in [1.54, 1.807) is 13.2 Å². The molecule has 0 unspecified atom stereocenters. The molecule has 2 N–H and O–H groups in total. The molecule has 1 aliphatic rings. The van der Waals surface area contributed by atoms with Crippen molar-refractivity contribution in [2.45, 2.75) is 18.4 Å². The summed E-state index contributed by atoms with van der Waals surface area (Å²) in [7, 11) is 1.62. The van der Waals surface area contributed by atoms with Crippen LogP contribution >= 0.6 is 0 Å². The van der Waals surface area contributed by atoms with E-state index in [2.05, 4.69) is 5.32 Å². The summed E-state index contributed by atoms with van der Waals surface area (Å²) >= 11 is 0. The highest BCUT2D eigenvalue weighted by Crippen LogP contribution is 2.47. The Balaban J connectivity index is 1.51. The maximum Gasteiger partial charge on any atom is 0.223 e. The maximum absolute atomic E-state index is 13.2. The highest BCUT2D eigenvalue weighted by Gasteiger charge is 2.43. The number of halogens is 1. The van der Waals surface area contributed by atoms with Crippen molar-refractivity contribution in [3.8, 4) is 5.75 Å². The summed E-state index contributed by atoms with van der Waals surface area (Å²) in [6.07, 6.45) is -0.114. The van der Waals surface area contributed by atoms with Crippen molar-refractivity contribution in [1.82, 2.24) is 5.32 Å². The molecular formula is C19H20FNO3. The zero-order valence-electron chi connectivity index (χ0n) is 13.4. The number of aliphatic hydroxyl groups is 1. The number of benzene rings is 2. The summed E-state index contributed by atoms with van der Waals surface area (Å²) in [6.45, 7) is 0.0775. The van der Waals surface area contributed by atoms with Gasteiger partial charge < -0.3 is 15.2 Å². The summed E-state index contributed by atoms with van der Waals surface area (Å²) < 4.78 is 18.3. The first kappa shape index (κ1) is 16.5. The third kappa shape index (κ3) is 3.74. The Morgan fingerprint density at radius 1 is 1.33 bits per heavy atom. The SMILES string of the molecule is COc1ccc([C@@H]2C[C@H]2C(=O)NC[C@@H](O)c2cccc(F)c2)cc1. The first-order valence-corrected chi connectivity index (χ1v) is 7.93. The Bertz CT molecular complexity index is 717. The number of aliphatic hydroxyl groups excluding tert-OH is 1. The lowest BCUT2D eigenvalue weighted by molar-refractivity contribution is -0.122. The van der Waals surface area contributed by atoms with Crippen molar-refractivity contribution in [1.29, 1.82) is 0 Å². The van der Waals surface area contributed by atoms with E-state index >= 15 is 0 Å². The molecule has 3 rings (SSSR count). The molecule has 0 saturated heterocycles. The van der Waals surface area contributed by atoms with E-state index in [0.29, 0.717) is 5.56 Å². The molecule has 1 aliphatic carbocycles. The number of carbonyl (C=O) groups excluding carboxylic acids is 1. The van der Waals surface area contributed by atoms with Gasteiger partial charge in [0.05, 0.1) is 13.2 Å². The fraction of sp³-hybridized carbons (Fsp3) is 0.316. The predicted molar refractivity (Wildman–Crippen MR) is 88.2 cm³/mol. The van der Waals surface area contributed by atoms with Gasteiger partial charge in [0, 0.05) is 12.5 Å². The van der Waals surface area contributed by atoms with Gasteiger partial charge in [-0.15, -0.1) is 0 Å². The van der Waals surface area contributed by atoms with Crippen LogP contribution < -0.4 is 10.1 Å². The molecule has 1 amide bonds. The Morgan fingerprint density at radius 2 is 2.08 bits per heavy atom. The second-order valence-corrected chi connectivity index (χ2v) is 6.04. The molecule has 2 aromatic rings. The lowest BCUT2D eigenvalue weighted by atomic mass is 10.1. The Hall–Kier alpha value is -2.40. The van der Waals surface area contributed by atoms with E-state index in [4.69, 9.17) is 4.74 Å². The van der Waals surface area contributed by atoms with Crippen LogP contribution in [0.25, 0.3) is 0 Å². The van der Waals surface area contributed by atoms with Gasteiger partial charge in [-0.1, -0.05) is 24.3 Å². The topological polar surface area (TPSA) is 58.6 Å². The smallest absolute Gasteiger partial charge is 0.223 e. The number of carbonyl (C=O) groups is 1. The predicted octanol–water partition coefficient (Wildman–Crippen LogP) is 2.79. The van der Waals surface area contributed by atoms with Gasteiger partial charge in [0.15, 0.2) is 0 Å². The van der Waals surface area contributed by atoms with Crippen LogP contribution in [-0.4, -0.2) is 24.7 Å². The summed E-state index contributed by atoms with van der Waals surface area (Å²) in [6, 6.07) is 13.5. The van der Waals surface area contributed by atoms with Crippen LogP contribution in [0.2, 0.25) is 0 Å². The van der Waals surface area contributed by atoms with Crippen molar-refractivity contribution in [2.75, 3.05) is 13.7 Å². The van der Waals surface area contributed by atoms with Crippen molar-refractivity contribution in [3.05, 3.63) is 65.5 Å². The fourth-order valence-electron chi connectivity index (χ4n) is 2.86. The van der Waals surface area contributed by atoms with Gasteiger partial charge >= 0.3 is 0 Å². The van der Waals surface area contributed by atoms with Crippen LogP contribution in [0, 0.1) is 11.7 Å². The van der Waals surface area contributed by atoms with E-state index in [1.807, 2.05) is 24.3 Å². The number of ether oxygens (including phenoxy) is 1. The molecule has 3 atom stereocenters. The van der Waals surface area contributed by atoms with E-state index in [1.165, 1.54) is 18.2 Å². The van der Waals surface area contributed by atoms with Crippen molar-refractivity contribution in [3.63, 3.8) is 0 Å². The number of methoxy groups -OCH3 is 1. The average Bonchev–Trinajstić information content (AvgIpc) is 3.40. The highest BCUT2D eigenvalue weighted by atomic mass is 19.1. The molecule has 24 heavy (non-hydrogen) atoms. The first-order chi connectivity index (χ1) is 11.6. The van der Waals surface area contributed by atoms with Gasteiger partial charge in [0.2, 0.25) is 5.91 Å². The van der Waals surface area contributed by atoms with Crippen molar-refractivity contribution < 1.29 is 19.0 Å². The fourth-order valence-corrected chi connectivity index (χ4v) is 2.86. The molecule has 126 valence electrons. The zero-order valence-corrected chi connectivity index (χ0v) is 13.4. The quantitative estimate of drug-likeness (QED) is 0.857. The van der Waals surface area contributed by atoms with Gasteiger partial charge in [0.25, 0.3) is 0 Å². The highest BCUT2D eigenvalue weighted by molar-refractivity contribution is 5.82. The molecule has 0 spiro atoms. The molecule has 0 radical (unpaired) electrons. The number of rotatable bonds is 6. The molecule has 2 aromatic carbocycles. The Labute approximate surface area is 140 Å². The van der Waals surface area contributed by atoms with E-state index < -0.39 is 11.9 Å². The van der Waals surface area contributed by atoms with E-state index in [-0.39, 0.29) is 24.3 Å². The summed E-state index contributed by atoms with van der Waals surface area (Å²) in [5, 5.41) is 12.8. The standard InChI is InChI=1S/C19H20FNO3/c1-24-15-7-5-12(6-8-15)16-10-17(16)19(23)21-11-18(22)13-3-2-4-14(20)9-13/h2-9,16-18,22H,10-11H2,1H3,(H,21,23)/t16-,17+,18+/m0/s1. The minimum atomic E-state index is -0.914. The third-order valence-corrected chi connectivity index (χ3v) is 4.37. The van der Waals surface area contributed by atoms with Crippen molar-refractivity contribution >= 4 is 5.91 Å². The molecule has 0 aliphatic heterocycles. The van der Waals surface area contributed by atoms with Gasteiger partial charge in [0.1, 0.15) is 11.6 Å². The average molecular weight is 329 g/mol. The molecule has 5 heteroatoms. The molecule has 0 aromatic heterocycles. The van der Waals surface area contributed by atoms with E-state index in [9.17, 15) is 14.3 Å². The van der Waals surface area contributed by atoms with Crippen LogP contribution in [0.3, 0.4) is 0 Å². The van der Waals surface area contributed by atoms with Gasteiger partial charge in [-0.3, -0.25) is 4.79 Å². The van der Waals surface area contributed by atoms with E-state index in [0.717, 1.165) is 17.7 Å². The monoisotopic (exact) mass is 329 g/mol. The minimum absolute atomic E-state index is 0.0712. The van der Waals surface area contributed by atoms with Gasteiger partial charge in [-0.05, 0) is 47.7 Å². The summed E-state index contributed by atoms with van der Waals surface area (Å²) in [5.41, 5.74) is 1.57. The normalized spacial score (nSPS) is 20.3.